The molecule has 1 aliphatic heterocycles. The summed E-state index contributed by atoms with van der Waals surface area (Å²) in [5.41, 5.74) is 1.08. The third-order valence-corrected chi connectivity index (χ3v) is 8.39. The Balaban J connectivity index is 1.47. The lowest BCUT2D eigenvalue weighted by Gasteiger charge is -2.35. The molecular formula is C24H35N5O4S. The minimum absolute atomic E-state index is 0.0831. The Labute approximate surface area is 202 Å². The van der Waals surface area contributed by atoms with E-state index in [-0.39, 0.29) is 22.5 Å². The molecule has 1 amide bonds. The Morgan fingerprint density at radius 3 is 2.44 bits per heavy atom. The number of para-hydroxylation sites is 2. The minimum atomic E-state index is -3.91. The van der Waals surface area contributed by atoms with Gasteiger partial charge in [-0.3, -0.25) is 9.48 Å². The molecule has 1 aliphatic carbocycles. The summed E-state index contributed by atoms with van der Waals surface area (Å²) in [6.45, 7) is 4.18. The summed E-state index contributed by atoms with van der Waals surface area (Å²) >= 11 is 0. The number of amides is 1. The van der Waals surface area contributed by atoms with Gasteiger partial charge in [0, 0.05) is 45.5 Å². The second-order valence-corrected chi connectivity index (χ2v) is 10.8. The van der Waals surface area contributed by atoms with Crippen molar-refractivity contribution < 1.29 is 17.9 Å². The first kappa shape index (κ1) is 24.5. The highest BCUT2D eigenvalue weighted by Gasteiger charge is 2.35. The fourth-order valence-corrected chi connectivity index (χ4v) is 6.33. The van der Waals surface area contributed by atoms with E-state index in [4.69, 9.17) is 4.74 Å². The van der Waals surface area contributed by atoms with Crippen LogP contribution in [0.5, 0.6) is 5.75 Å². The molecular weight excluding hydrogens is 454 g/mol. The number of carbonyl (C=O) groups is 1. The van der Waals surface area contributed by atoms with E-state index in [9.17, 15) is 13.2 Å². The lowest BCUT2D eigenvalue weighted by atomic mass is 10.1. The number of piperazine rings is 1. The molecule has 10 heteroatoms. The summed E-state index contributed by atoms with van der Waals surface area (Å²) in [4.78, 5) is 15.2. The molecule has 0 radical (unpaired) electrons. The van der Waals surface area contributed by atoms with E-state index >= 15 is 0 Å². The highest BCUT2D eigenvalue weighted by molar-refractivity contribution is 7.89. The van der Waals surface area contributed by atoms with E-state index in [1.807, 2.05) is 31.2 Å². The highest BCUT2D eigenvalue weighted by atomic mass is 32.2. The van der Waals surface area contributed by atoms with E-state index in [0.29, 0.717) is 32.8 Å². The van der Waals surface area contributed by atoms with Gasteiger partial charge in [-0.1, -0.05) is 37.8 Å². The van der Waals surface area contributed by atoms with Gasteiger partial charge in [-0.25, -0.2) is 8.42 Å². The maximum atomic E-state index is 13.5. The Bertz CT molecular complexity index is 1080. The first-order valence-corrected chi connectivity index (χ1v) is 13.7. The predicted octanol–water partition coefficient (Wildman–Crippen LogP) is 2.78. The molecule has 186 valence electrons. The van der Waals surface area contributed by atoms with E-state index in [2.05, 4.69) is 15.3 Å². The molecule has 0 spiro atoms. The van der Waals surface area contributed by atoms with Crippen LogP contribution in [0.2, 0.25) is 0 Å². The molecule has 0 atom stereocenters. The van der Waals surface area contributed by atoms with Crippen molar-refractivity contribution in [3.63, 3.8) is 0 Å². The molecule has 0 unspecified atom stereocenters. The molecule has 9 nitrogen and oxygen atoms in total. The topological polar surface area (TPSA) is 96.8 Å². The van der Waals surface area contributed by atoms with Gasteiger partial charge in [-0.15, -0.1) is 0 Å². The fraction of sp³-hybridized carbons (Fsp3) is 0.583. The number of ether oxygens (including phenoxy) is 1. The number of rotatable bonds is 7. The van der Waals surface area contributed by atoms with Crippen molar-refractivity contribution >= 4 is 21.6 Å². The van der Waals surface area contributed by atoms with Crippen LogP contribution in [0.15, 0.2) is 35.5 Å². The number of aryl methyl sites for hydroxylation is 1. The molecule has 0 bridgehead atoms. The van der Waals surface area contributed by atoms with Gasteiger partial charge >= 0.3 is 0 Å². The van der Waals surface area contributed by atoms with Crippen LogP contribution in [0.3, 0.4) is 0 Å². The minimum Gasteiger partial charge on any atom is -0.492 e. The number of hydrogen-bond acceptors (Lipinski definition) is 6. The fourth-order valence-electron chi connectivity index (χ4n) is 4.79. The Kier molecular flexibility index (Phi) is 7.77. The molecule has 2 fully saturated rings. The maximum absolute atomic E-state index is 13.5. The van der Waals surface area contributed by atoms with Crippen molar-refractivity contribution in [3.8, 4) is 5.75 Å². The largest absolute Gasteiger partial charge is 0.492 e. The number of hydrogen-bond donors (Lipinski definition) is 1. The van der Waals surface area contributed by atoms with Crippen LogP contribution in [0.25, 0.3) is 0 Å². The third kappa shape index (κ3) is 5.38. The molecule has 1 aromatic heterocycles. The van der Waals surface area contributed by atoms with Gasteiger partial charge in [0.05, 0.1) is 17.9 Å². The first-order valence-electron chi connectivity index (χ1n) is 12.2. The van der Waals surface area contributed by atoms with E-state index < -0.39 is 10.0 Å². The number of aromatic nitrogens is 2. The Hall–Kier alpha value is -2.59. The van der Waals surface area contributed by atoms with Gasteiger partial charge in [0.15, 0.2) is 0 Å². The standard InChI is InChI=1S/C24H35N5O4S/c1-3-33-22-13-9-8-12-21(22)28-14-16-29(17-15-28)34(31,32)24-20(18-27(2)26-24)23(30)25-19-10-6-4-5-7-11-19/h8-9,12-13,18-19H,3-7,10-11,14-17H2,1-2H3,(H,25,30). The molecule has 1 saturated heterocycles. The molecule has 2 heterocycles. The van der Waals surface area contributed by atoms with Crippen molar-refractivity contribution in [1.29, 1.82) is 0 Å². The number of nitrogens with one attached hydrogen (secondary N) is 1. The summed E-state index contributed by atoms with van der Waals surface area (Å²) in [7, 11) is -2.27. The average molecular weight is 490 g/mol. The average Bonchev–Trinajstić information content (AvgIpc) is 3.06. The predicted molar refractivity (Wildman–Crippen MR) is 131 cm³/mol. The highest BCUT2D eigenvalue weighted by Crippen LogP contribution is 2.30. The van der Waals surface area contributed by atoms with Crippen molar-refractivity contribution in [2.45, 2.75) is 56.5 Å². The van der Waals surface area contributed by atoms with Crippen LogP contribution in [-0.4, -0.2) is 67.2 Å². The number of benzene rings is 1. The van der Waals surface area contributed by atoms with E-state index in [0.717, 1.165) is 37.1 Å². The molecule has 1 saturated carbocycles. The van der Waals surface area contributed by atoms with Crippen molar-refractivity contribution in [2.24, 2.45) is 7.05 Å². The number of anilines is 1. The molecule has 2 aromatic rings. The van der Waals surface area contributed by atoms with E-state index in [1.165, 1.54) is 28.0 Å². The van der Waals surface area contributed by atoms with Gasteiger partial charge in [0.1, 0.15) is 5.75 Å². The normalized spacial score (nSPS) is 18.5. The maximum Gasteiger partial charge on any atom is 0.263 e. The zero-order chi connectivity index (χ0) is 24.1. The second kappa shape index (κ2) is 10.8. The summed E-state index contributed by atoms with van der Waals surface area (Å²) in [5.74, 6) is 0.436. The number of nitrogens with zero attached hydrogens (tertiary/aromatic N) is 4. The quantitative estimate of drug-likeness (QED) is 0.601. The van der Waals surface area contributed by atoms with Crippen LogP contribution in [0.4, 0.5) is 5.69 Å². The van der Waals surface area contributed by atoms with Crippen LogP contribution < -0.4 is 15.0 Å². The van der Waals surface area contributed by atoms with Crippen LogP contribution in [-0.2, 0) is 17.1 Å². The zero-order valence-electron chi connectivity index (χ0n) is 20.1. The molecule has 4 rings (SSSR count). The van der Waals surface area contributed by atoms with Gasteiger partial charge in [-0.2, -0.15) is 9.40 Å². The monoisotopic (exact) mass is 489 g/mol. The third-order valence-electron chi connectivity index (χ3n) is 6.56. The SMILES string of the molecule is CCOc1ccccc1N1CCN(S(=O)(=O)c2nn(C)cc2C(=O)NC2CCCCCC2)CC1. The van der Waals surface area contributed by atoms with Gasteiger partial charge in [-0.05, 0) is 31.9 Å². The summed E-state index contributed by atoms with van der Waals surface area (Å²) < 4.78 is 35.6. The van der Waals surface area contributed by atoms with Gasteiger partial charge in [0.2, 0.25) is 5.03 Å². The Morgan fingerprint density at radius 1 is 1.09 bits per heavy atom. The van der Waals surface area contributed by atoms with Crippen LogP contribution >= 0.6 is 0 Å². The summed E-state index contributed by atoms with van der Waals surface area (Å²) in [5, 5.41) is 7.09. The van der Waals surface area contributed by atoms with Crippen molar-refractivity contribution in [1.82, 2.24) is 19.4 Å². The van der Waals surface area contributed by atoms with Gasteiger partial charge < -0.3 is 15.0 Å². The summed E-state index contributed by atoms with van der Waals surface area (Å²) in [6.07, 6.45) is 7.89. The summed E-state index contributed by atoms with van der Waals surface area (Å²) in [6, 6.07) is 7.88. The van der Waals surface area contributed by atoms with E-state index in [1.54, 1.807) is 7.05 Å². The van der Waals surface area contributed by atoms with Crippen LogP contribution in [0.1, 0.15) is 55.8 Å². The van der Waals surface area contributed by atoms with Crippen molar-refractivity contribution in [3.05, 3.63) is 36.0 Å². The zero-order valence-corrected chi connectivity index (χ0v) is 20.9. The smallest absolute Gasteiger partial charge is 0.263 e. The number of sulfonamides is 1. The lowest BCUT2D eigenvalue weighted by Crippen LogP contribution is -2.49. The van der Waals surface area contributed by atoms with Crippen molar-refractivity contribution in [2.75, 3.05) is 37.7 Å². The molecule has 1 aromatic carbocycles. The van der Waals surface area contributed by atoms with Crippen LogP contribution in [0, 0.1) is 0 Å². The molecule has 34 heavy (non-hydrogen) atoms. The number of carbonyl (C=O) groups excluding carboxylic acids is 1. The lowest BCUT2D eigenvalue weighted by molar-refractivity contribution is 0.0929. The first-order chi connectivity index (χ1) is 16.4. The molecule has 2 aliphatic rings. The second-order valence-electron chi connectivity index (χ2n) is 8.98. The van der Waals surface area contributed by atoms with Gasteiger partial charge in [0.25, 0.3) is 15.9 Å². The molecule has 1 N–H and O–H groups in total. The Morgan fingerprint density at radius 2 is 1.76 bits per heavy atom.